The fourth-order valence-electron chi connectivity index (χ4n) is 2.37. The van der Waals surface area contributed by atoms with Crippen molar-refractivity contribution >= 4 is 16.7 Å². The highest BCUT2D eigenvalue weighted by Crippen LogP contribution is 2.26. The lowest BCUT2D eigenvalue weighted by Gasteiger charge is -2.20. The normalized spacial score (nSPS) is 17.1. The van der Waals surface area contributed by atoms with Crippen LogP contribution in [0.5, 0.6) is 0 Å². The number of fused-ring (bicyclic) bond motifs is 1. The van der Waals surface area contributed by atoms with E-state index in [1.807, 2.05) is 18.2 Å². The second-order valence-electron chi connectivity index (χ2n) is 4.46. The van der Waals surface area contributed by atoms with Crippen molar-refractivity contribution < 1.29 is 0 Å². The highest BCUT2D eigenvalue weighted by molar-refractivity contribution is 5.79. The van der Waals surface area contributed by atoms with Crippen LogP contribution in [0.2, 0.25) is 0 Å². The Hall–Kier alpha value is -1.86. The third kappa shape index (κ3) is 1.90. The molecule has 2 N–H and O–H groups in total. The van der Waals surface area contributed by atoms with Gasteiger partial charge >= 0.3 is 0 Å². The first-order valence-corrected chi connectivity index (χ1v) is 5.94. The molecule has 0 radical (unpaired) electrons. The summed E-state index contributed by atoms with van der Waals surface area (Å²) in [6.07, 6.45) is 2.27. The van der Waals surface area contributed by atoms with E-state index in [0.29, 0.717) is 11.6 Å². The Morgan fingerprint density at radius 2 is 2.12 bits per heavy atom. The van der Waals surface area contributed by atoms with Crippen molar-refractivity contribution in [3.05, 3.63) is 35.4 Å². The van der Waals surface area contributed by atoms with Crippen LogP contribution in [-0.2, 0) is 0 Å². The van der Waals surface area contributed by atoms with Crippen LogP contribution in [0, 0.1) is 6.57 Å². The number of piperidine rings is 1. The van der Waals surface area contributed by atoms with Gasteiger partial charge in [-0.15, -0.1) is 0 Å². The van der Waals surface area contributed by atoms with Crippen LogP contribution >= 0.6 is 0 Å². The molecule has 0 atom stereocenters. The molecule has 0 amide bonds. The van der Waals surface area contributed by atoms with E-state index < -0.39 is 0 Å². The standard InChI is InChI=1S/C13H14N4/c1-14-10-2-3-11-12(8-10)17-13(16-11)9-4-6-15-7-5-9/h2-3,8-9,15H,4-7H2,(H,16,17). The van der Waals surface area contributed by atoms with Crippen LogP contribution in [0.1, 0.15) is 24.6 Å². The molecule has 1 aromatic carbocycles. The topological polar surface area (TPSA) is 45.1 Å². The van der Waals surface area contributed by atoms with Gasteiger partial charge in [-0.05, 0) is 38.1 Å². The zero-order chi connectivity index (χ0) is 11.7. The average molecular weight is 226 g/mol. The van der Waals surface area contributed by atoms with Crippen LogP contribution in [-0.4, -0.2) is 23.1 Å². The van der Waals surface area contributed by atoms with Gasteiger partial charge in [-0.1, -0.05) is 6.07 Å². The minimum absolute atomic E-state index is 0.528. The Kier molecular flexibility index (Phi) is 2.54. The third-order valence-electron chi connectivity index (χ3n) is 3.34. The van der Waals surface area contributed by atoms with Crippen molar-refractivity contribution in [3.63, 3.8) is 0 Å². The number of nitrogens with zero attached hydrogens (tertiary/aromatic N) is 2. The van der Waals surface area contributed by atoms with Gasteiger partial charge in [0.05, 0.1) is 17.6 Å². The average Bonchev–Trinajstić information content (AvgIpc) is 2.82. The molecule has 86 valence electrons. The summed E-state index contributed by atoms with van der Waals surface area (Å²) in [5.74, 6) is 1.60. The van der Waals surface area contributed by atoms with Gasteiger partial charge in [-0.25, -0.2) is 9.83 Å². The SMILES string of the molecule is [C-]#[N+]c1ccc2[nH]c(C3CCNCC3)nc2c1. The summed E-state index contributed by atoms with van der Waals surface area (Å²) in [4.78, 5) is 11.4. The van der Waals surface area contributed by atoms with Crippen molar-refractivity contribution in [1.82, 2.24) is 15.3 Å². The molecule has 1 aromatic heterocycles. The van der Waals surface area contributed by atoms with Crippen molar-refractivity contribution in [2.45, 2.75) is 18.8 Å². The molecule has 4 heteroatoms. The highest BCUT2D eigenvalue weighted by Gasteiger charge is 2.18. The molecule has 1 saturated heterocycles. The molecule has 17 heavy (non-hydrogen) atoms. The first kappa shape index (κ1) is 10.3. The number of benzene rings is 1. The molecular formula is C13H14N4. The zero-order valence-corrected chi connectivity index (χ0v) is 9.53. The Balaban J connectivity index is 1.98. The summed E-state index contributed by atoms with van der Waals surface area (Å²) in [5.41, 5.74) is 2.60. The van der Waals surface area contributed by atoms with E-state index in [4.69, 9.17) is 6.57 Å². The Bertz CT molecular complexity index is 573. The summed E-state index contributed by atoms with van der Waals surface area (Å²) >= 11 is 0. The molecule has 2 heterocycles. The summed E-state index contributed by atoms with van der Waals surface area (Å²) < 4.78 is 0. The maximum Gasteiger partial charge on any atom is 0.189 e. The molecule has 0 spiro atoms. The lowest BCUT2D eigenvalue weighted by molar-refractivity contribution is 0.448. The molecule has 1 fully saturated rings. The smallest absolute Gasteiger partial charge is 0.189 e. The minimum Gasteiger partial charge on any atom is -0.342 e. The number of hydrogen-bond donors (Lipinski definition) is 2. The Labute approximate surface area is 99.9 Å². The number of hydrogen-bond acceptors (Lipinski definition) is 2. The number of imidazole rings is 1. The van der Waals surface area contributed by atoms with Gasteiger partial charge in [0.15, 0.2) is 5.69 Å². The fourth-order valence-corrected chi connectivity index (χ4v) is 2.37. The third-order valence-corrected chi connectivity index (χ3v) is 3.34. The quantitative estimate of drug-likeness (QED) is 0.734. The summed E-state index contributed by atoms with van der Waals surface area (Å²) in [6.45, 7) is 9.13. The molecule has 0 aliphatic carbocycles. The van der Waals surface area contributed by atoms with Gasteiger partial charge in [0.1, 0.15) is 5.82 Å². The van der Waals surface area contributed by atoms with E-state index in [1.54, 1.807) is 0 Å². The lowest BCUT2D eigenvalue weighted by Crippen LogP contribution is -2.27. The van der Waals surface area contributed by atoms with Crippen LogP contribution in [0.3, 0.4) is 0 Å². The van der Waals surface area contributed by atoms with Gasteiger partial charge in [0.2, 0.25) is 0 Å². The van der Waals surface area contributed by atoms with E-state index in [1.165, 1.54) is 0 Å². The predicted octanol–water partition coefficient (Wildman–Crippen LogP) is 2.58. The maximum absolute atomic E-state index is 7.00. The monoisotopic (exact) mass is 226 g/mol. The number of H-pyrrole nitrogens is 1. The molecular weight excluding hydrogens is 212 g/mol. The van der Waals surface area contributed by atoms with Crippen molar-refractivity contribution in [2.75, 3.05) is 13.1 Å². The van der Waals surface area contributed by atoms with E-state index in [-0.39, 0.29) is 0 Å². The number of aromatic amines is 1. The van der Waals surface area contributed by atoms with Crippen LogP contribution in [0.4, 0.5) is 5.69 Å². The van der Waals surface area contributed by atoms with E-state index >= 15 is 0 Å². The molecule has 1 aliphatic heterocycles. The molecule has 4 nitrogen and oxygen atoms in total. The van der Waals surface area contributed by atoms with Gasteiger partial charge in [0.25, 0.3) is 0 Å². The highest BCUT2D eigenvalue weighted by atomic mass is 14.9. The first-order valence-electron chi connectivity index (χ1n) is 5.94. The molecule has 0 bridgehead atoms. The van der Waals surface area contributed by atoms with Gasteiger partial charge < -0.3 is 10.3 Å². The van der Waals surface area contributed by atoms with E-state index in [9.17, 15) is 0 Å². The molecule has 2 aromatic rings. The number of aromatic nitrogens is 2. The largest absolute Gasteiger partial charge is 0.342 e. The number of nitrogens with one attached hydrogen (secondary N) is 2. The summed E-state index contributed by atoms with van der Waals surface area (Å²) in [5, 5.41) is 3.36. The molecule has 0 unspecified atom stereocenters. The molecule has 3 rings (SSSR count). The van der Waals surface area contributed by atoms with Crippen molar-refractivity contribution in [1.29, 1.82) is 0 Å². The van der Waals surface area contributed by atoms with Gasteiger partial charge in [-0.2, -0.15) is 0 Å². The first-order chi connectivity index (χ1) is 8.36. The van der Waals surface area contributed by atoms with E-state index in [2.05, 4.69) is 20.1 Å². The Morgan fingerprint density at radius 3 is 2.88 bits per heavy atom. The maximum atomic E-state index is 7.00. The number of rotatable bonds is 1. The zero-order valence-electron chi connectivity index (χ0n) is 9.53. The Morgan fingerprint density at radius 1 is 1.29 bits per heavy atom. The van der Waals surface area contributed by atoms with Gasteiger partial charge in [-0.3, -0.25) is 0 Å². The van der Waals surface area contributed by atoms with Crippen LogP contribution in [0.15, 0.2) is 18.2 Å². The lowest BCUT2D eigenvalue weighted by atomic mass is 9.98. The van der Waals surface area contributed by atoms with Gasteiger partial charge in [0, 0.05) is 5.92 Å². The predicted molar refractivity (Wildman–Crippen MR) is 67.2 cm³/mol. The molecule has 1 aliphatic rings. The van der Waals surface area contributed by atoms with Crippen LogP contribution in [0.25, 0.3) is 15.9 Å². The van der Waals surface area contributed by atoms with Crippen molar-refractivity contribution in [2.24, 2.45) is 0 Å². The second kappa shape index (κ2) is 4.19. The fraction of sp³-hybridized carbons (Fsp3) is 0.385. The van der Waals surface area contributed by atoms with E-state index in [0.717, 1.165) is 42.8 Å². The molecule has 0 saturated carbocycles. The van der Waals surface area contributed by atoms with Crippen molar-refractivity contribution in [3.8, 4) is 0 Å². The summed E-state index contributed by atoms with van der Waals surface area (Å²) in [6, 6.07) is 5.63. The second-order valence-corrected chi connectivity index (χ2v) is 4.46. The van der Waals surface area contributed by atoms with Crippen LogP contribution < -0.4 is 5.32 Å². The minimum atomic E-state index is 0.528. The summed E-state index contributed by atoms with van der Waals surface area (Å²) in [7, 11) is 0.